The quantitative estimate of drug-likeness (QED) is 0.242. The summed E-state index contributed by atoms with van der Waals surface area (Å²) in [4.78, 5) is 32.4. The van der Waals surface area contributed by atoms with Crippen molar-refractivity contribution in [3.8, 4) is 17.2 Å². The molecule has 2 aromatic carbocycles. The van der Waals surface area contributed by atoms with Crippen molar-refractivity contribution in [3.05, 3.63) is 83.2 Å². The molecule has 1 aromatic heterocycles. The number of hydrogen-bond acceptors (Lipinski definition) is 7. The average molecular weight is 622 g/mol. The zero-order chi connectivity index (χ0) is 31.4. The summed E-state index contributed by atoms with van der Waals surface area (Å²) in [7, 11) is 1.62. The van der Waals surface area contributed by atoms with Crippen LogP contribution in [0.25, 0.3) is 0 Å². The molecule has 0 atom stereocenters. The van der Waals surface area contributed by atoms with Crippen LogP contribution in [0.2, 0.25) is 0 Å². The molecule has 1 saturated carbocycles. The first-order chi connectivity index (χ1) is 21.8. The van der Waals surface area contributed by atoms with Gasteiger partial charge in [-0.15, -0.1) is 0 Å². The molecule has 2 aliphatic heterocycles. The number of aromatic nitrogens is 1. The second-order valence-electron chi connectivity index (χ2n) is 11.8. The number of likely N-dealkylation sites (tertiary alicyclic amines) is 2. The number of carbonyl (C=O) groups excluding carboxylic acids is 2. The maximum Gasteiger partial charge on any atom is 0.409 e. The lowest BCUT2D eigenvalue weighted by molar-refractivity contribution is -0.0529. The van der Waals surface area contributed by atoms with Gasteiger partial charge in [-0.3, -0.25) is 9.78 Å². The van der Waals surface area contributed by atoms with Gasteiger partial charge in [-0.1, -0.05) is 30.3 Å². The summed E-state index contributed by atoms with van der Waals surface area (Å²) in [6, 6.07) is 17.7. The molecule has 238 valence electrons. The number of ether oxygens (including phenoxy) is 4. The van der Waals surface area contributed by atoms with Gasteiger partial charge in [0, 0.05) is 57.2 Å². The normalized spacial score (nSPS) is 17.8. The van der Waals surface area contributed by atoms with Crippen molar-refractivity contribution in [1.29, 1.82) is 0 Å². The number of pyridine rings is 1. The Kier molecular flexibility index (Phi) is 9.04. The van der Waals surface area contributed by atoms with E-state index in [0.717, 1.165) is 17.0 Å². The second-order valence-corrected chi connectivity index (χ2v) is 11.8. The molecule has 45 heavy (non-hydrogen) atoms. The molecule has 11 heteroatoms. The summed E-state index contributed by atoms with van der Waals surface area (Å²) in [5.74, 6) is -0.306. The van der Waals surface area contributed by atoms with E-state index in [1.807, 2.05) is 18.2 Å². The highest BCUT2D eigenvalue weighted by atomic mass is 19.3. The predicted octanol–water partition coefficient (Wildman–Crippen LogP) is 6.03. The van der Waals surface area contributed by atoms with E-state index >= 15 is 0 Å². The van der Waals surface area contributed by atoms with Crippen LogP contribution in [-0.2, 0) is 11.3 Å². The maximum atomic E-state index is 13.3. The first kappa shape index (κ1) is 30.6. The molecular weight excluding hydrogens is 584 g/mol. The topological polar surface area (TPSA) is 90.4 Å². The Morgan fingerprint density at radius 1 is 0.867 bits per heavy atom. The van der Waals surface area contributed by atoms with Crippen LogP contribution < -0.4 is 14.2 Å². The van der Waals surface area contributed by atoms with Crippen molar-refractivity contribution in [2.75, 3.05) is 46.5 Å². The zero-order valence-electron chi connectivity index (χ0n) is 25.3. The predicted molar refractivity (Wildman–Crippen MR) is 161 cm³/mol. The first-order valence-electron chi connectivity index (χ1n) is 15.4. The third kappa shape index (κ3) is 7.64. The lowest BCUT2D eigenvalue weighted by Crippen LogP contribution is -2.48. The van der Waals surface area contributed by atoms with Crippen molar-refractivity contribution in [2.24, 2.45) is 0 Å². The molecule has 0 unspecified atom stereocenters. The van der Waals surface area contributed by atoms with Crippen LogP contribution in [0.4, 0.5) is 13.6 Å². The van der Waals surface area contributed by atoms with Gasteiger partial charge in [-0.25, -0.2) is 13.6 Å². The van der Waals surface area contributed by atoms with Gasteiger partial charge in [0.05, 0.1) is 7.11 Å². The number of amides is 2. The van der Waals surface area contributed by atoms with E-state index in [0.29, 0.717) is 36.9 Å². The van der Waals surface area contributed by atoms with E-state index in [-0.39, 0.29) is 56.7 Å². The second kappa shape index (κ2) is 13.3. The summed E-state index contributed by atoms with van der Waals surface area (Å²) in [6.07, 6.45) is 2.69. The average Bonchev–Trinajstić information content (AvgIpc) is 3.88. The fraction of sp³-hybridized carbons (Fsp3) is 0.441. The SMILES string of the molecule is COc1cc(C2CN(C(=O)c3cc(OCCOC(=O)N4CCC(F)(F)CC4)ccn3)C2)ccc1OCc1ccc(C2CC2)cc1. The Balaban J connectivity index is 0.949. The summed E-state index contributed by atoms with van der Waals surface area (Å²) in [5, 5.41) is 0. The Hall–Kier alpha value is -4.41. The van der Waals surface area contributed by atoms with E-state index in [4.69, 9.17) is 18.9 Å². The molecule has 0 spiro atoms. The molecule has 0 bridgehead atoms. The van der Waals surface area contributed by atoms with Gasteiger partial charge >= 0.3 is 6.09 Å². The molecule has 0 N–H and O–H groups in total. The minimum absolute atomic E-state index is 0.0389. The van der Waals surface area contributed by atoms with E-state index in [1.165, 1.54) is 29.5 Å². The maximum absolute atomic E-state index is 13.3. The number of alkyl halides is 2. The van der Waals surface area contributed by atoms with Crippen LogP contribution in [0, 0.1) is 0 Å². The van der Waals surface area contributed by atoms with Crippen LogP contribution >= 0.6 is 0 Å². The third-order valence-corrected chi connectivity index (χ3v) is 8.53. The molecule has 3 aromatic rings. The number of nitrogens with zero attached hydrogens (tertiary/aromatic N) is 3. The fourth-order valence-corrected chi connectivity index (χ4v) is 5.55. The highest BCUT2D eigenvalue weighted by molar-refractivity contribution is 5.93. The lowest BCUT2D eigenvalue weighted by Gasteiger charge is -2.39. The van der Waals surface area contributed by atoms with E-state index in [1.54, 1.807) is 24.1 Å². The van der Waals surface area contributed by atoms with E-state index < -0.39 is 12.0 Å². The van der Waals surface area contributed by atoms with Gasteiger partial charge in [0.2, 0.25) is 0 Å². The number of methoxy groups -OCH3 is 1. The minimum Gasteiger partial charge on any atom is -0.493 e. The number of hydrogen-bond donors (Lipinski definition) is 0. The van der Waals surface area contributed by atoms with Gasteiger partial charge in [0.1, 0.15) is 31.3 Å². The molecule has 9 nitrogen and oxygen atoms in total. The smallest absolute Gasteiger partial charge is 0.409 e. The molecule has 3 heterocycles. The van der Waals surface area contributed by atoms with E-state index in [9.17, 15) is 18.4 Å². The van der Waals surface area contributed by atoms with Gasteiger partial charge in [0.25, 0.3) is 11.8 Å². The van der Waals surface area contributed by atoms with Crippen molar-refractivity contribution in [2.45, 2.75) is 50.0 Å². The molecule has 6 rings (SSSR count). The Bertz CT molecular complexity index is 1500. The molecule has 3 aliphatic rings. The fourth-order valence-electron chi connectivity index (χ4n) is 5.55. The molecule has 1 aliphatic carbocycles. The number of benzene rings is 2. The molecule has 2 amide bonds. The van der Waals surface area contributed by atoms with Crippen LogP contribution in [0.1, 0.15) is 64.7 Å². The Morgan fingerprint density at radius 2 is 1.60 bits per heavy atom. The van der Waals surface area contributed by atoms with Gasteiger partial charge in [-0.2, -0.15) is 0 Å². The monoisotopic (exact) mass is 621 g/mol. The largest absolute Gasteiger partial charge is 0.493 e. The van der Waals surface area contributed by atoms with Crippen molar-refractivity contribution in [3.63, 3.8) is 0 Å². The van der Waals surface area contributed by atoms with Crippen LogP contribution in [0.3, 0.4) is 0 Å². The molecule has 3 fully saturated rings. The first-order valence-corrected chi connectivity index (χ1v) is 15.4. The number of carbonyl (C=O) groups is 2. The van der Waals surface area contributed by atoms with Crippen LogP contribution in [0.15, 0.2) is 60.8 Å². The summed E-state index contributed by atoms with van der Waals surface area (Å²) >= 11 is 0. The molecule has 2 saturated heterocycles. The number of piperidine rings is 1. The van der Waals surface area contributed by atoms with Crippen LogP contribution in [0.5, 0.6) is 17.2 Å². The summed E-state index contributed by atoms with van der Waals surface area (Å²) < 4.78 is 49.1. The molecular formula is C34H37F2N3O6. The highest BCUT2D eigenvalue weighted by Gasteiger charge is 2.36. The summed E-state index contributed by atoms with van der Waals surface area (Å²) in [6.45, 7) is 1.46. The van der Waals surface area contributed by atoms with Gasteiger partial charge in [0.15, 0.2) is 11.5 Å². The van der Waals surface area contributed by atoms with Gasteiger partial charge in [-0.05, 0) is 53.6 Å². The number of halogens is 2. The van der Waals surface area contributed by atoms with Gasteiger partial charge < -0.3 is 28.7 Å². The third-order valence-electron chi connectivity index (χ3n) is 8.53. The van der Waals surface area contributed by atoms with Crippen LogP contribution in [-0.4, -0.2) is 79.2 Å². The van der Waals surface area contributed by atoms with Crippen molar-refractivity contribution in [1.82, 2.24) is 14.8 Å². The van der Waals surface area contributed by atoms with Crippen molar-refractivity contribution >= 4 is 12.0 Å². The molecule has 0 radical (unpaired) electrons. The Labute approximate surface area is 261 Å². The van der Waals surface area contributed by atoms with Crippen molar-refractivity contribution < 1.29 is 37.3 Å². The minimum atomic E-state index is -2.73. The zero-order valence-corrected chi connectivity index (χ0v) is 25.3. The number of rotatable bonds is 11. The van der Waals surface area contributed by atoms with E-state index in [2.05, 4.69) is 29.2 Å². The standard InChI is InChI=1S/C34H37F2N3O6/c1-42-31-18-26(8-9-30(31)45-22-23-2-4-24(5-3-23)25-6-7-25)27-20-39(21-27)32(40)29-19-28(10-13-37-29)43-16-17-44-33(41)38-14-11-34(35,36)12-15-38/h2-5,8-10,13,18-19,25,27H,6-7,11-12,14-17,20-22H2,1H3. The lowest BCUT2D eigenvalue weighted by atomic mass is 9.91. The highest BCUT2D eigenvalue weighted by Crippen LogP contribution is 2.40. The Morgan fingerprint density at radius 3 is 2.31 bits per heavy atom. The summed E-state index contributed by atoms with van der Waals surface area (Å²) in [5.41, 5.74) is 3.82.